The normalized spacial score (nSPS) is 20.6. The molecule has 0 unspecified atom stereocenters. The van der Waals surface area contributed by atoms with Crippen LogP contribution in [0.1, 0.15) is 54.2 Å². The third-order valence-corrected chi connectivity index (χ3v) is 8.45. The average molecular weight is 503 g/mol. The monoisotopic (exact) mass is 502 g/mol. The maximum absolute atomic E-state index is 14.4. The Morgan fingerprint density at radius 3 is 2.68 bits per heavy atom. The van der Waals surface area contributed by atoms with Gasteiger partial charge in [-0.15, -0.1) is 0 Å². The number of nitrogens with zero attached hydrogens (tertiary/aromatic N) is 6. The van der Waals surface area contributed by atoms with Gasteiger partial charge in [-0.05, 0) is 60.8 Å². The van der Waals surface area contributed by atoms with Gasteiger partial charge < -0.3 is 15.5 Å². The minimum Gasteiger partial charge on any atom is -0.355 e. The van der Waals surface area contributed by atoms with Crippen molar-refractivity contribution in [2.45, 2.75) is 44.6 Å². The second kappa shape index (κ2) is 8.44. The highest BCUT2D eigenvalue weighted by Gasteiger charge is 2.46. The van der Waals surface area contributed by atoms with Crippen LogP contribution in [-0.2, 0) is 12.8 Å². The molecule has 1 fully saturated rings. The summed E-state index contributed by atoms with van der Waals surface area (Å²) < 4.78 is 28.7. The highest BCUT2D eigenvalue weighted by atomic mass is 19.3. The van der Waals surface area contributed by atoms with Crippen LogP contribution in [0.3, 0.4) is 0 Å². The Morgan fingerprint density at radius 1 is 1.03 bits per heavy atom. The number of benzene rings is 1. The van der Waals surface area contributed by atoms with Crippen LogP contribution in [0.4, 0.5) is 26.1 Å². The summed E-state index contributed by atoms with van der Waals surface area (Å²) in [6.45, 7) is 1.92. The summed E-state index contributed by atoms with van der Waals surface area (Å²) in [5.74, 6) is 0.745. The third-order valence-electron chi connectivity index (χ3n) is 8.45. The van der Waals surface area contributed by atoms with Crippen molar-refractivity contribution in [3.63, 3.8) is 0 Å². The molecule has 2 aliphatic heterocycles. The van der Waals surface area contributed by atoms with E-state index in [-0.39, 0.29) is 23.0 Å². The number of H-pyrrole nitrogens is 1. The lowest BCUT2D eigenvalue weighted by atomic mass is 9.73. The zero-order valence-corrected chi connectivity index (χ0v) is 20.4. The standard InChI is InChI=1S/C27H28F2N8/c28-23(29)20-25(36-13-9-27(10-14-36)15-16-5-1-2-6-17(16)22(27)30)33-24-21(32-20)26(35-34-24)37-12-4-7-18-19(37)8-3-11-31-18/h1-3,5-6,8,11,22-23H,4,7,9-10,12-15,30H2,(H,33,34,35)/t22-/m1/s1. The van der Waals surface area contributed by atoms with Crippen LogP contribution >= 0.6 is 0 Å². The number of fused-ring (bicyclic) bond motifs is 3. The van der Waals surface area contributed by atoms with Crippen molar-refractivity contribution in [1.82, 2.24) is 25.1 Å². The SMILES string of the molecule is N[C@@H]1c2ccccc2CC12CCN(c1nc3[nH]nc(N4CCCc5ncccc54)c3nc1C(F)F)CC2. The number of aromatic nitrogens is 5. The molecule has 0 bridgehead atoms. The lowest BCUT2D eigenvalue weighted by Crippen LogP contribution is -2.45. The quantitative estimate of drug-likeness (QED) is 0.422. The number of hydrogen-bond donors (Lipinski definition) is 2. The highest BCUT2D eigenvalue weighted by Crippen LogP contribution is 2.51. The Balaban J connectivity index is 1.21. The number of alkyl halides is 2. The number of pyridine rings is 1. The van der Waals surface area contributed by atoms with Gasteiger partial charge in [-0.2, -0.15) is 5.10 Å². The van der Waals surface area contributed by atoms with Gasteiger partial charge >= 0.3 is 0 Å². The van der Waals surface area contributed by atoms with Crippen molar-refractivity contribution >= 4 is 28.5 Å². The van der Waals surface area contributed by atoms with Gasteiger partial charge in [-0.3, -0.25) is 10.1 Å². The predicted molar refractivity (Wildman–Crippen MR) is 137 cm³/mol. The van der Waals surface area contributed by atoms with Crippen LogP contribution in [-0.4, -0.2) is 44.8 Å². The first kappa shape index (κ1) is 22.5. The first-order valence-corrected chi connectivity index (χ1v) is 12.9. The molecule has 7 rings (SSSR count). The molecule has 190 valence electrons. The first-order chi connectivity index (χ1) is 18.0. The van der Waals surface area contributed by atoms with Crippen LogP contribution in [0.25, 0.3) is 11.2 Å². The minimum atomic E-state index is -2.75. The summed E-state index contributed by atoms with van der Waals surface area (Å²) in [5, 5.41) is 7.42. The Morgan fingerprint density at radius 2 is 1.86 bits per heavy atom. The van der Waals surface area contributed by atoms with Crippen LogP contribution in [0.2, 0.25) is 0 Å². The number of nitrogens with two attached hydrogens (primary N) is 1. The van der Waals surface area contributed by atoms with Gasteiger partial charge in [0.25, 0.3) is 6.43 Å². The zero-order chi connectivity index (χ0) is 25.1. The van der Waals surface area contributed by atoms with Gasteiger partial charge in [-0.1, -0.05) is 24.3 Å². The molecule has 1 atom stereocenters. The van der Waals surface area contributed by atoms with Crippen LogP contribution in [0.15, 0.2) is 42.6 Å². The lowest BCUT2D eigenvalue weighted by molar-refractivity contribution is 0.145. The van der Waals surface area contributed by atoms with Crippen LogP contribution in [0.5, 0.6) is 0 Å². The topological polar surface area (TPSA) is 99.8 Å². The molecule has 1 aromatic carbocycles. The van der Waals surface area contributed by atoms with E-state index in [1.165, 1.54) is 11.1 Å². The number of nitrogens with one attached hydrogen (secondary N) is 1. The molecule has 1 aliphatic carbocycles. The molecule has 4 aromatic rings. The molecule has 8 nitrogen and oxygen atoms in total. The van der Waals surface area contributed by atoms with Gasteiger partial charge in [0.15, 0.2) is 22.8 Å². The maximum atomic E-state index is 14.4. The molecule has 1 saturated heterocycles. The molecule has 0 radical (unpaired) electrons. The van der Waals surface area contributed by atoms with E-state index >= 15 is 0 Å². The van der Waals surface area contributed by atoms with Crippen molar-refractivity contribution in [2.75, 3.05) is 29.4 Å². The number of aryl methyl sites for hydroxylation is 1. The Labute approximate surface area is 212 Å². The third kappa shape index (κ3) is 3.49. The zero-order valence-electron chi connectivity index (χ0n) is 20.4. The van der Waals surface area contributed by atoms with E-state index in [4.69, 9.17) is 5.73 Å². The number of halogens is 2. The molecule has 0 saturated carbocycles. The molecule has 3 N–H and O–H groups in total. The van der Waals surface area contributed by atoms with Crippen molar-refractivity contribution in [2.24, 2.45) is 11.1 Å². The molecular formula is C27H28F2N8. The second-order valence-corrected chi connectivity index (χ2v) is 10.4. The molecule has 10 heteroatoms. The van der Waals surface area contributed by atoms with E-state index in [0.717, 1.165) is 43.5 Å². The lowest BCUT2D eigenvalue weighted by Gasteiger charge is -2.42. The van der Waals surface area contributed by atoms with E-state index < -0.39 is 6.43 Å². The highest BCUT2D eigenvalue weighted by molar-refractivity contribution is 5.88. The summed E-state index contributed by atoms with van der Waals surface area (Å²) in [6, 6.07) is 12.2. The maximum Gasteiger partial charge on any atom is 0.284 e. The first-order valence-electron chi connectivity index (χ1n) is 12.9. The molecule has 37 heavy (non-hydrogen) atoms. The molecule has 0 amide bonds. The summed E-state index contributed by atoms with van der Waals surface area (Å²) in [7, 11) is 0. The number of aromatic amines is 1. The number of piperidine rings is 1. The van der Waals surface area contributed by atoms with Crippen molar-refractivity contribution in [1.29, 1.82) is 0 Å². The van der Waals surface area contributed by atoms with Crippen molar-refractivity contribution in [3.05, 3.63) is 65.1 Å². The van der Waals surface area contributed by atoms with Gasteiger partial charge in [0.2, 0.25) is 0 Å². The summed E-state index contributed by atoms with van der Waals surface area (Å²) >= 11 is 0. The Kier molecular flexibility index (Phi) is 5.14. The summed E-state index contributed by atoms with van der Waals surface area (Å²) in [6.07, 6.45) is 3.35. The number of rotatable bonds is 3. The van der Waals surface area contributed by atoms with Crippen molar-refractivity contribution in [3.8, 4) is 0 Å². The summed E-state index contributed by atoms with van der Waals surface area (Å²) in [5.41, 5.74) is 11.6. The van der Waals surface area contributed by atoms with Crippen LogP contribution in [0, 0.1) is 5.41 Å². The molecule has 5 heterocycles. The second-order valence-electron chi connectivity index (χ2n) is 10.4. The number of anilines is 3. The predicted octanol–water partition coefficient (Wildman–Crippen LogP) is 4.61. The van der Waals surface area contributed by atoms with Gasteiger partial charge in [0.1, 0.15) is 5.69 Å². The van der Waals surface area contributed by atoms with E-state index in [1.54, 1.807) is 6.20 Å². The molecule has 1 spiro atoms. The van der Waals surface area contributed by atoms with E-state index in [2.05, 4.69) is 43.3 Å². The van der Waals surface area contributed by atoms with Crippen molar-refractivity contribution < 1.29 is 8.78 Å². The van der Waals surface area contributed by atoms with Gasteiger partial charge in [-0.25, -0.2) is 18.7 Å². The fourth-order valence-electron chi connectivity index (χ4n) is 6.48. The van der Waals surface area contributed by atoms with E-state index in [0.29, 0.717) is 36.6 Å². The fraction of sp³-hybridized carbons (Fsp3) is 0.407. The largest absolute Gasteiger partial charge is 0.355 e. The molecular weight excluding hydrogens is 474 g/mol. The molecule has 3 aliphatic rings. The Hall–Kier alpha value is -3.66. The van der Waals surface area contributed by atoms with Crippen LogP contribution < -0.4 is 15.5 Å². The summed E-state index contributed by atoms with van der Waals surface area (Å²) in [4.78, 5) is 17.5. The smallest absolute Gasteiger partial charge is 0.284 e. The van der Waals surface area contributed by atoms with E-state index in [1.807, 2.05) is 28.0 Å². The fourth-order valence-corrected chi connectivity index (χ4v) is 6.48. The minimum absolute atomic E-state index is 0.0361. The van der Waals surface area contributed by atoms with E-state index in [9.17, 15) is 8.78 Å². The van der Waals surface area contributed by atoms with Gasteiger partial charge in [0.05, 0.1) is 11.4 Å². The molecule has 3 aromatic heterocycles. The number of hydrogen-bond acceptors (Lipinski definition) is 7. The average Bonchev–Trinajstić information content (AvgIpc) is 3.46. The Bertz CT molecular complexity index is 1480. The van der Waals surface area contributed by atoms with Gasteiger partial charge in [0, 0.05) is 31.9 Å².